The molecule has 0 heterocycles. The largest absolute Gasteiger partial charge is 3.00 e. The SMILES string of the molecule is O=[Si]([O-])[O-].[O-2].[O-2].[Sm+3].[Sm+3]. The quantitative estimate of drug-likeness (QED) is 0.394. The number of rotatable bonds is 0. The van der Waals surface area contributed by atoms with Crippen molar-refractivity contribution in [3.05, 3.63) is 0 Å². The van der Waals surface area contributed by atoms with Crippen molar-refractivity contribution in [1.29, 1.82) is 0 Å². The van der Waals surface area contributed by atoms with E-state index >= 15 is 0 Å². The summed E-state index contributed by atoms with van der Waals surface area (Å²) in [7, 11) is -3.63. The molecule has 0 atom stereocenters. The minimum absolute atomic E-state index is 0. The van der Waals surface area contributed by atoms with Crippen LogP contribution in [0.2, 0.25) is 0 Å². The van der Waals surface area contributed by atoms with Gasteiger partial charge in [-0.1, -0.05) is 0 Å². The predicted molar refractivity (Wildman–Crippen MR) is 7.81 cm³/mol. The molecule has 0 amide bonds. The molecule has 0 bridgehead atoms. The third-order valence-corrected chi connectivity index (χ3v) is 0. The normalized spacial score (nSPS) is 3.00. The van der Waals surface area contributed by atoms with Gasteiger partial charge >= 0.3 is 80.8 Å². The summed E-state index contributed by atoms with van der Waals surface area (Å²) in [5.41, 5.74) is 0. The Hall–Kier alpha value is 2.21. The van der Waals surface area contributed by atoms with Crippen LogP contribution in [0.15, 0.2) is 0 Å². The topological polar surface area (TPSA) is 120 Å². The molecule has 0 saturated heterocycles. The molecule has 0 aromatic rings. The summed E-state index contributed by atoms with van der Waals surface area (Å²) in [4.78, 5) is 17.0. The summed E-state index contributed by atoms with van der Waals surface area (Å²) < 4.78 is 8.52. The minimum atomic E-state index is -3.63. The molecule has 0 aliphatic carbocycles. The molecule has 0 aliphatic rings. The van der Waals surface area contributed by atoms with E-state index in [1.165, 1.54) is 0 Å². The van der Waals surface area contributed by atoms with Crippen LogP contribution in [0.3, 0.4) is 0 Å². The van der Waals surface area contributed by atoms with Gasteiger partial charge in [0.05, 0.1) is 0 Å². The third-order valence-electron chi connectivity index (χ3n) is 0. The first kappa shape index (κ1) is 31.9. The van der Waals surface area contributed by atoms with Gasteiger partial charge in [-0.3, -0.25) is 0 Å². The van der Waals surface area contributed by atoms with Gasteiger partial charge in [-0.05, 0) is 0 Å². The van der Waals surface area contributed by atoms with Gasteiger partial charge in [0.2, 0.25) is 0 Å². The monoisotopic (exact) mass is 412 g/mol. The Bertz CT molecular complexity index is 33.4. The van der Waals surface area contributed by atoms with E-state index in [0.29, 0.717) is 0 Å². The third kappa shape index (κ3) is 87.3. The van der Waals surface area contributed by atoms with E-state index in [1.807, 2.05) is 0 Å². The second-order valence-corrected chi connectivity index (χ2v) is 0.750. The fourth-order valence-electron chi connectivity index (χ4n) is 0. The zero-order valence-corrected chi connectivity index (χ0v) is 9.60. The van der Waals surface area contributed by atoms with Crippen LogP contribution < -0.4 is 9.59 Å². The van der Waals surface area contributed by atoms with Crippen LogP contribution in [0.25, 0.3) is 0 Å². The van der Waals surface area contributed by atoms with Crippen LogP contribution in [-0.4, -0.2) is 9.17 Å². The van der Waals surface area contributed by atoms with Crippen molar-refractivity contribution in [2.45, 2.75) is 0 Å². The summed E-state index contributed by atoms with van der Waals surface area (Å²) in [6.45, 7) is 0. The van der Waals surface area contributed by atoms with Gasteiger partial charge in [0.1, 0.15) is 0 Å². The predicted octanol–water partition coefficient (Wildman–Crippen LogP) is -3.12. The van der Waals surface area contributed by atoms with E-state index in [1.54, 1.807) is 0 Å². The summed E-state index contributed by atoms with van der Waals surface area (Å²) in [6.07, 6.45) is 0. The van der Waals surface area contributed by atoms with Crippen LogP contribution in [-0.2, 0) is 15.4 Å². The maximum Gasteiger partial charge on any atom is 3.00 e. The van der Waals surface area contributed by atoms with Gasteiger partial charge in [-0.15, -0.1) is 0 Å². The van der Waals surface area contributed by atoms with E-state index < -0.39 is 9.17 Å². The molecule has 0 aliphatic heterocycles. The number of hydrogen-bond acceptors (Lipinski definition) is 3. The Kier molecular flexibility index (Phi) is 91.2. The fraction of sp³-hybridized carbons (Fsp3) is 0. The Balaban J connectivity index is -0.00000000750. The van der Waals surface area contributed by atoms with E-state index in [2.05, 4.69) is 0 Å². The zero-order chi connectivity index (χ0) is 3.58. The smallest absolute Gasteiger partial charge is 2.00 e. The zero-order valence-electron chi connectivity index (χ0n) is 3.36. The molecule has 0 saturated carbocycles. The first-order valence-corrected chi connectivity index (χ1v) is 1.84. The Morgan fingerprint density at radius 3 is 1.00 bits per heavy atom. The van der Waals surface area contributed by atoms with E-state index in [9.17, 15) is 0 Å². The van der Waals surface area contributed by atoms with Crippen molar-refractivity contribution in [1.82, 2.24) is 0 Å². The molecule has 0 fully saturated rings. The summed E-state index contributed by atoms with van der Waals surface area (Å²) in [6, 6.07) is 0. The van der Waals surface area contributed by atoms with Crippen LogP contribution >= 0.6 is 0 Å². The minimum Gasteiger partial charge on any atom is -2.00 e. The maximum absolute atomic E-state index is 8.52. The van der Waals surface area contributed by atoms with Crippen LogP contribution in [0.4, 0.5) is 0 Å². The second kappa shape index (κ2) is 22.9. The standard InChI is InChI=1S/O3Si.2O.2Sm/c1-4(2)3;;;;/q3*-2;2*+3. The molecule has 46 valence electrons. The fourth-order valence-corrected chi connectivity index (χ4v) is 0. The molecule has 0 N–H and O–H groups in total. The van der Waals surface area contributed by atoms with Crippen molar-refractivity contribution in [3.8, 4) is 0 Å². The van der Waals surface area contributed by atoms with Gasteiger partial charge in [0, 0.05) is 9.17 Å². The van der Waals surface area contributed by atoms with Crippen LogP contribution in [0.1, 0.15) is 0 Å². The molecule has 8 heteroatoms. The van der Waals surface area contributed by atoms with Gasteiger partial charge in [-0.2, -0.15) is 0 Å². The van der Waals surface area contributed by atoms with Crippen molar-refractivity contribution < 1.29 is 106 Å². The first-order valence-electron chi connectivity index (χ1n) is 0.612. The Morgan fingerprint density at radius 1 is 1.00 bits per heavy atom. The van der Waals surface area contributed by atoms with E-state index in [0.717, 1.165) is 0 Å². The molecule has 0 aromatic heterocycles. The number of hydrogen-bond donors (Lipinski definition) is 0. The molecule has 0 aromatic carbocycles. The van der Waals surface area contributed by atoms with Gasteiger partial charge in [-0.25, -0.2) is 0 Å². The Labute approximate surface area is 113 Å². The average molecular weight is 409 g/mol. The molecule has 0 rings (SSSR count). The van der Waals surface area contributed by atoms with Crippen molar-refractivity contribution in [2.24, 2.45) is 0 Å². The van der Waals surface area contributed by atoms with Crippen molar-refractivity contribution in [2.75, 3.05) is 0 Å². The summed E-state index contributed by atoms with van der Waals surface area (Å²) in [5, 5.41) is 0. The average Bonchev–Trinajstić information content (AvgIpc) is 0.811. The molecular formula is O5SiSm2. The maximum atomic E-state index is 8.52. The first-order chi connectivity index (χ1) is 1.73. The van der Waals surface area contributed by atoms with Crippen molar-refractivity contribution in [3.63, 3.8) is 0 Å². The van der Waals surface area contributed by atoms with Crippen LogP contribution in [0.5, 0.6) is 0 Å². The van der Waals surface area contributed by atoms with Gasteiger partial charge in [0.15, 0.2) is 0 Å². The molecule has 5 nitrogen and oxygen atoms in total. The van der Waals surface area contributed by atoms with E-state index in [-0.39, 0.29) is 91.7 Å². The molecule has 2 radical (unpaired) electrons. The Morgan fingerprint density at radius 2 is 1.00 bits per heavy atom. The molecule has 0 unspecified atom stereocenters. The van der Waals surface area contributed by atoms with Gasteiger partial charge < -0.3 is 25.0 Å². The summed E-state index contributed by atoms with van der Waals surface area (Å²) >= 11 is 0. The molecular weight excluding hydrogens is 409 g/mol. The molecule has 8 heavy (non-hydrogen) atoms. The molecule has 0 spiro atoms. The summed E-state index contributed by atoms with van der Waals surface area (Å²) in [5.74, 6) is 0. The van der Waals surface area contributed by atoms with Gasteiger partial charge in [0.25, 0.3) is 0 Å². The van der Waals surface area contributed by atoms with Crippen LogP contribution in [0, 0.1) is 80.8 Å². The second-order valence-electron chi connectivity index (χ2n) is 0.250. The van der Waals surface area contributed by atoms with E-state index in [4.69, 9.17) is 14.1 Å². The van der Waals surface area contributed by atoms with Crippen molar-refractivity contribution >= 4 is 9.17 Å².